The van der Waals surface area contributed by atoms with Crippen LogP contribution in [0.1, 0.15) is 18.1 Å². The molecule has 0 spiro atoms. The monoisotopic (exact) mass is 464 g/mol. The molecule has 0 aliphatic heterocycles. The van der Waals surface area contributed by atoms with Crippen molar-refractivity contribution < 1.29 is 26.4 Å². The van der Waals surface area contributed by atoms with Gasteiger partial charge in [-0.3, -0.25) is 9.71 Å². The highest BCUT2D eigenvalue weighted by molar-refractivity contribution is 7.92. The lowest BCUT2D eigenvalue weighted by atomic mass is 10.1. The molecule has 0 aliphatic rings. The number of benzene rings is 2. The van der Waals surface area contributed by atoms with Gasteiger partial charge in [-0.05, 0) is 54.1 Å². The molecule has 0 saturated carbocycles. The van der Waals surface area contributed by atoms with Crippen LogP contribution in [0.3, 0.4) is 0 Å². The number of anilines is 2. The molecule has 32 heavy (non-hydrogen) atoms. The fourth-order valence-electron chi connectivity index (χ4n) is 2.72. The summed E-state index contributed by atoms with van der Waals surface area (Å²) in [5.74, 6) is -4.62. The molecule has 0 saturated heterocycles. The van der Waals surface area contributed by atoms with E-state index < -0.39 is 33.4 Å². The van der Waals surface area contributed by atoms with E-state index >= 15 is 0 Å². The predicted octanol–water partition coefficient (Wildman–Crippen LogP) is 4.45. The van der Waals surface area contributed by atoms with Gasteiger partial charge in [-0.1, -0.05) is 6.07 Å². The van der Waals surface area contributed by atoms with Gasteiger partial charge in [-0.15, -0.1) is 0 Å². The summed E-state index contributed by atoms with van der Waals surface area (Å²) in [7, 11) is -4.13. The van der Waals surface area contributed by atoms with Crippen molar-refractivity contribution in [1.29, 1.82) is 0 Å². The number of urea groups is 1. The van der Waals surface area contributed by atoms with Crippen molar-refractivity contribution >= 4 is 27.4 Å². The molecule has 3 aromatic rings. The van der Waals surface area contributed by atoms with Gasteiger partial charge in [0.05, 0.1) is 10.5 Å². The van der Waals surface area contributed by atoms with Gasteiger partial charge in [0.2, 0.25) is 0 Å². The first-order chi connectivity index (χ1) is 15.0. The molecule has 0 atom stereocenters. The highest BCUT2D eigenvalue weighted by Gasteiger charge is 2.29. The van der Waals surface area contributed by atoms with Crippen molar-refractivity contribution in [3.05, 3.63) is 83.9 Å². The Morgan fingerprint density at radius 1 is 1.06 bits per heavy atom. The third-order valence-electron chi connectivity index (χ3n) is 4.29. The van der Waals surface area contributed by atoms with Crippen LogP contribution in [0.4, 0.5) is 29.3 Å². The van der Waals surface area contributed by atoms with E-state index in [2.05, 4.69) is 20.3 Å². The summed E-state index contributed by atoms with van der Waals surface area (Å²) in [4.78, 5) is 15.8. The Labute approximate surface area is 182 Å². The Balaban J connectivity index is 1.65. The number of hydrogen-bond donors (Lipinski definition) is 3. The number of halogens is 3. The Bertz CT molecular complexity index is 1200. The number of alkyl halides is 2. The van der Waals surface area contributed by atoms with Crippen LogP contribution in [0.5, 0.6) is 0 Å². The van der Waals surface area contributed by atoms with Gasteiger partial charge in [-0.2, -0.15) is 0 Å². The van der Waals surface area contributed by atoms with E-state index in [0.717, 1.165) is 23.8 Å². The molecule has 168 valence electrons. The molecular formula is C21H19F3N4O3S. The molecule has 2 amide bonds. The van der Waals surface area contributed by atoms with Gasteiger partial charge in [0.15, 0.2) is 0 Å². The third kappa shape index (κ3) is 5.97. The first-order valence-corrected chi connectivity index (χ1v) is 10.8. The number of amides is 2. The smallest absolute Gasteiger partial charge is 0.319 e. The topological polar surface area (TPSA) is 100 Å². The Morgan fingerprint density at radius 2 is 1.75 bits per heavy atom. The first kappa shape index (κ1) is 23.1. The van der Waals surface area contributed by atoms with Crippen molar-refractivity contribution in [3.63, 3.8) is 0 Å². The molecule has 7 nitrogen and oxygen atoms in total. The molecular weight excluding hydrogens is 445 g/mol. The largest absolute Gasteiger partial charge is 0.334 e. The van der Waals surface area contributed by atoms with E-state index in [9.17, 15) is 26.4 Å². The second kappa shape index (κ2) is 9.27. The summed E-state index contributed by atoms with van der Waals surface area (Å²) in [6, 6.07) is 10.8. The minimum atomic E-state index is -4.13. The summed E-state index contributed by atoms with van der Waals surface area (Å²) in [5.41, 5.74) is 0.0109. The van der Waals surface area contributed by atoms with E-state index in [4.69, 9.17) is 0 Å². The number of carbonyl (C=O) groups excluding carboxylic acids is 1. The summed E-state index contributed by atoms with van der Waals surface area (Å²) in [6.45, 7) is 0.773. The van der Waals surface area contributed by atoms with Gasteiger partial charge in [0, 0.05) is 37.2 Å². The van der Waals surface area contributed by atoms with Crippen LogP contribution >= 0.6 is 0 Å². The number of hydrogen-bond acceptors (Lipinski definition) is 4. The third-order valence-corrected chi connectivity index (χ3v) is 5.69. The van der Waals surface area contributed by atoms with Crippen molar-refractivity contribution in [2.45, 2.75) is 24.3 Å². The van der Waals surface area contributed by atoms with Crippen LogP contribution in [0.2, 0.25) is 0 Å². The molecule has 0 unspecified atom stereocenters. The van der Waals surface area contributed by atoms with E-state index in [0.29, 0.717) is 12.6 Å². The molecule has 0 aliphatic carbocycles. The van der Waals surface area contributed by atoms with Gasteiger partial charge >= 0.3 is 6.03 Å². The summed E-state index contributed by atoms with van der Waals surface area (Å²) >= 11 is 0. The highest BCUT2D eigenvalue weighted by atomic mass is 32.2. The average Bonchev–Trinajstić information content (AvgIpc) is 2.74. The minimum Gasteiger partial charge on any atom is -0.334 e. The zero-order chi connectivity index (χ0) is 23.4. The van der Waals surface area contributed by atoms with Crippen LogP contribution in [0.25, 0.3) is 0 Å². The molecule has 3 rings (SSSR count). The van der Waals surface area contributed by atoms with E-state index in [1.165, 1.54) is 24.3 Å². The Hall–Kier alpha value is -3.60. The van der Waals surface area contributed by atoms with Crippen molar-refractivity contribution in [3.8, 4) is 0 Å². The summed E-state index contributed by atoms with van der Waals surface area (Å²) < 4.78 is 67.8. The molecule has 0 fully saturated rings. The lowest BCUT2D eigenvalue weighted by molar-refractivity contribution is 0.0138. The van der Waals surface area contributed by atoms with Gasteiger partial charge in [0.1, 0.15) is 5.82 Å². The van der Waals surface area contributed by atoms with E-state index in [-0.39, 0.29) is 17.1 Å². The molecule has 11 heteroatoms. The van der Waals surface area contributed by atoms with Crippen LogP contribution in [-0.4, -0.2) is 19.4 Å². The van der Waals surface area contributed by atoms with Crippen molar-refractivity contribution in [2.24, 2.45) is 0 Å². The van der Waals surface area contributed by atoms with E-state index in [1.54, 1.807) is 24.5 Å². The maximum atomic E-state index is 13.6. The second-order valence-corrected chi connectivity index (χ2v) is 8.56. The van der Waals surface area contributed by atoms with E-state index in [1.807, 2.05) is 0 Å². The number of rotatable bonds is 7. The molecule has 1 heterocycles. The molecule has 1 aromatic heterocycles. The number of pyridine rings is 1. The fourth-order valence-corrected chi connectivity index (χ4v) is 3.77. The first-order valence-electron chi connectivity index (χ1n) is 9.29. The van der Waals surface area contributed by atoms with Crippen LogP contribution in [-0.2, 0) is 22.5 Å². The number of carbonyl (C=O) groups is 1. The minimum absolute atomic E-state index is 0.173. The van der Waals surface area contributed by atoms with Gasteiger partial charge in [-0.25, -0.2) is 26.4 Å². The maximum absolute atomic E-state index is 13.6. The molecule has 3 N–H and O–H groups in total. The highest BCUT2D eigenvalue weighted by Crippen LogP contribution is 2.31. The average molecular weight is 464 g/mol. The lowest BCUT2D eigenvalue weighted by Crippen LogP contribution is -2.28. The van der Waals surface area contributed by atoms with Crippen molar-refractivity contribution in [1.82, 2.24) is 10.3 Å². The Morgan fingerprint density at radius 3 is 2.38 bits per heavy atom. The van der Waals surface area contributed by atoms with Gasteiger partial charge in [0.25, 0.3) is 15.9 Å². The van der Waals surface area contributed by atoms with Crippen LogP contribution < -0.4 is 15.4 Å². The second-order valence-electron chi connectivity index (χ2n) is 6.88. The fraction of sp³-hybridized carbons (Fsp3) is 0.143. The maximum Gasteiger partial charge on any atom is 0.319 e. The number of aromatic nitrogens is 1. The molecule has 2 aromatic carbocycles. The summed E-state index contributed by atoms with van der Waals surface area (Å²) in [6.07, 6.45) is 3.22. The number of nitrogens with one attached hydrogen (secondary N) is 3. The summed E-state index contributed by atoms with van der Waals surface area (Å²) in [5, 5.41) is 5.19. The number of sulfonamides is 1. The van der Waals surface area contributed by atoms with Crippen LogP contribution in [0, 0.1) is 5.82 Å². The predicted molar refractivity (Wildman–Crippen MR) is 113 cm³/mol. The lowest BCUT2D eigenvalue weighted by Gasteiger charge is -2.14. The molecule has 0 radical (unpaired) electrons. The molecule has 0 bridgehead atoms. The zero-order valence-corrected chi connectivity index (χ0v) is 17.6. The SMILES string of the molecule is CC(F)(F)c1cc(NS(=O)(=O)c2ccc(NC(=O)NCc3cccnc3)cc2)ccc1F. The van der Waals surface area contributed by atoms with Gasteiger partial charge < -0.3 is 10.6 Å². The van der Waals surface area contributed by atoms with Crippen LogP contribution in [0.15, 0.2) is 71.9 Å². The standard InChI is InChI=1S/C21H19F3N4O3S/c1-21(23,24)18-11-16(6-9-19(18)22)28-32(30,31)17-7-4-15(5-8-17)27-20(29)26-13-14-3-2-10-25-12-14/h2-12,28H,13H2,1H3,(H2,26,27,29). The zero-order valence-electron chi connectivity index (χ0n) is 16.8. The Kier molecular flexibility index (Phi) is 6.68. The normalized spacial score (nSPS) is 11.6. The van der Waals surface area contributed by atoms with Crippen molar-refractivity contribution in [2.75, 3.05) is 10.0 Å². The quantitative estimate of drug-likeness (QED) is 0.481. The number of nitrogens with zero attached hydrogens (tertiary/aromatic N) is 1.